The largest absolute Gasteiger partial charge is 0.676 e. The molecule has 0 saturated carbocycles. The Hall–Kier alpha value is 0.820. The Morgan fingerprint density at radius 2 is 0.958 bits per heavy atom. The fourth-order valence-corrected chi connectivity index (χ4v) is 2.62. The molecule has 24 heavy (non-hydrogen) atoms. The molecule has 0 aromatic rings. The molecule has 0 radical (unpaired) electrons. The third-order valence-corrected chi connectivity index (χ3v) is 4.05. The van der Waals surface area contributed by atoms with Gasteiger partial charge in [0.25, 0.3) is 0 Å². The number of hydrogen-bond acceptors (Lipinski definition) is 5. The zero-order valence-electron chi connectivity index (χ0n) is 16.1. The third kappa shape index (κ3) is 30.7. The summed E-state index contributed by atoms with van der Waals surface area (Å²) in [5.41, 5.74) is 0. The summed E-state index contributed by atoms with van der Waals surface area (Å²) in [5, 5.41) is 8.06. The molecule has 0 fully saturated rings. The van der Waals surface area contributed by atoms with E-state index in [4.69, 9.17) is 18.4 Å². The Labute approximate surface area is 168 Å². The first-order valence-electron chi connectivity index (χ1n) is 8.24. The second-order valence-corrected chi connectivity index (χ2v) is 7.14. The molecule has 0 bridgehead atoms. The van der Waals surface area contributed by atoms with Gasteiger partial charge in [0.1, 0.15) is 0 Å². The van der Waals surface area contributed by atoms with Gasteiger partial charge in [-0.25, -0.2) is 0 Å². The van der Waals surface area contributed by atoms with Gasteiger partial charge in [-0.05, 0) is 33.1 Å². The molecule has 150 valence electrons. The van der Waals surface area contributed by atoms with Gasteiger partial charge in [-0.15, -0.1) is 0 Å². The van der Waals surface area contributed by atoms with Crippen molar-refractivity contribution in [3.8, 4) is 0 Å². The molecule has 6 N–H and O–H groups in total. The second-order valence-electron chi connectivity index (χ2n) is 5.22. The molecule has 7 nitrogen and oxygen atoms in total. The van der Waals surface area contributed by atoms with Crippen molar-refractivity contribution in [1.82, 2.24) is 0 Å². The standard InChI is InChI=1S/C12H28O4Si.C3H8O.2H2O.Zr/c1-4-7-10-14-17(13,15-11-8-5-2)16-12-9-6-3;1-3(2)4;;;/h13H,4-12H2,1-3H3;3-4H,1-2H3;2*1H2;. The summed E-state index contributed by atoms with van der Waals surface area (Å²) in [6.07, 6.45) is 5.70. The summed E-state index contributed by atoms with van der Waals surface area (Å²) in [6, 6.07) is 0. The van der Waals surface area contributed by atoms with Gasteiger partial charge in [-0.3, -0.25) is 0 Å². The maximum Gasteiger partial charge on any atom is 0.676 e. The van der Waals surface area contributed by atoms with Gasteiger partial charge >= 0.3 is 9.05 Å². The van der Waals surface area contributed by atoms with E-state index in [1.54, 1.807) is 13.8 Å². The van der Waals surface area contributed by atoms with Crippen LogP contribution in [0.2, 0.25) is 0 Å². The van der Waals surface area contributed by atoms with E-state index >= 15 is 0 Å². The fourth-order valence-electron chi connectivity index (χ4n) is 1.16. The van der Waals surface area contributed by atoms with E-state index in [0.29, 0.717) is 19.8 Å². The summed E-state index contributed by atoms with van der Waals surface area (Å²) in [4.78, 5) is 10.2. The Bertz CT molecular complexity index is 183. The van der Waals surface area contributed by atoms with Crippen molar-refractivity contribution in [2.75, 3.05) is 19.8 Å². The molecule has 0 aliphatic carbocycles. The van der Waals surface area contributed by atoms with Crippen LogP contribution in [0, 0.1) is 0 Å². The maximum absolute atomic E-state index is 10.2. The first-order chi connectivity index (χ1) is 9.91. The smallest absolute Gasteiger partial charge is 0.412 e. The minimum atomic E-state index is -3.36. The Morgan fingerprint density at radius 1 is 0.750 bits per heavy atom. The molecule has 0 spiro atoms. The Balaban J connectivity index is -0.000000154. The van der Waals surface area contributed by atoms with Crippen LogP contribution in [0.15, 0.2) is 0 Å². The SMILES string of the molecule is CC(C)O.CCCCO[Si](O)(OCCCC)OCCCC.O.O.[Zr]. The molecular weight excluding hydrogens is 411 g/mol. The van der Waals surface area contributed by atoms with Gasteiger partial charge < -0.3 is 34.1 Å². The minimum absolute atomic E-state index is 0. The van der Waals surface area contributed by atoms with Crippen molar-refractivity contribution in [1.29, 1.82) is 0 Å². The predicted molar refractivity (Wildman–Crippen MR) is 95.1 cm³/mol. The van der Waals surface area contributed by atoms with Crippen LogP contribution >= 0.6 is 0 Å². The van der Waals surface area contributed by atoms with Gasteiger partial charge in [-0.2, -0.15) is 0 Å². The minimum Gasteiger partial charge on any atom is -0.412 e. The summed E-state index contributed by atoms with van der Waals surface area (Å²) in [7, 11) is -3.36. The monoisotopic (exact) mass is 450 g/mol. The molecule has 0 aliphatic heterocycles. The molecule has 0 saturated heterocycles. The van der Waals surface area contributed by atoms with Crippen molar-refractivity contribution < 1.29 is 60.3 Å². The first-order valence-corrected chi connectivity index (χ1v) is 9.91. The van der Waals surface area contributed by atoms with Gasteiger partial charge in [0.15, 0.2) is 0 Å². The molecule has 0 rings (SSSR count). The van der Waals surface area contributed by atoms with Gasteiger partial charge in [0, 0.05) is 52.1 Å². The molecule has 0 aromatic carbocycles. The van der Waals surface area contributed by atoms with Crippen molar-refractivity contribution in [3.05, 3.63) is 0 Å². The number of aliphatic hydroxyl groups is 1. The quantitative estimate of drug-likeness (QED) is 0.343. The second kappa shape index (κ2) is 26.1. The number of hydrogen-bond donors (Lipinski definition) is 2. The summed E-state index contributed by atoms with van der Waals surface area (Å²) >= 11 is 0. The van der Waals surface area contributed by atoms with Crippen molar-refractivity contribution >= 4 is 9.05 Å². The van der Waals surface area contributed by atoms with Crippen LogP contribution in [0.4, 0.5) is 0 Å². The van der Waals surface area contributed by atoms with Crippen molar-refractivity contribution in [3.63, 3.8) is 0 Å². The first kappa shape index (κ1) is 35.8. The van der Waals surface area contributed by atoms with Crippen LogP contribution < -0.4 is 0 Å². The molecule has 0 aliphatic rings. The van der Waals surface area contributed by atoms with Gasteiger partial charge in [-0.1, -0.05) is 40.0 Å². The number of rotatable bonds is 12. The van der Waals surface area contributed by atoms with Crippen molar-refractivity contribution in [2.24, 2.45) is 0 Å². The molecular formula is C15H40O7SiZr. The molecule has 9 heteroatoms. The van der Waals surface area contributed by atoms with E-state index in [1.165, 1.54) is 0 Å². The summed E-state index contributed by atoms with van der Waals surface area (Å²) in [6.45, 7) is 11.2. The fraction of sp³-hybridized carbons (Fsp3) is 1.00. The molecule has 0 amide bonds. The summed E-state index contributed by atoms with van der Waals surface area (Å²) < 4.78 is 16.2. The van der Waals surface area contributed by atoms with Crippen LogP contribution in [0.3, 0.4) is 0 Å². The van der Waals surface area contributed by atoms with E-state index in [1.807, 2.05) is 0 Å². The third-order valence-electron chi connectivity index (χ3n) is 2.35. The average Bonchev–Trinajstić information content (AvgIpc) is 2.39. The van der Waals surface area contributed by atoms with Gasteiger partial charge in [0.05, 0.1) is 0 Å². The molecule has 0 unspecified atom stereocenters. The van der Waals surface area contributed by atoms with Crippen LogP contribution in [0.25, 0.3) is 0 Å². The molecule has 0 heterocycles. The molecule has 0 aromatic heterocycles. The van der Waals surface area contributed by atoms with E-state index < -0.39 is 9.05 Å². The van der Waals surface area contributed by atoms with E-state index in [0.717, 1.165) is 38.5 Å². The van der Waals surface area contributed by atoms with Crippen molar-refractivity contribution in [2.45, 2.75) is 79.2 Å². The summed E-state index contributed by atoms with van der Waals surface area (Å²) in [5.74, 6) is 0. The zero-order chi connectivity index (χ0) is 16.6. The maximum atomic E-state index is 10.2. The average molecular weight is 452 g/mol. The van der Waals surface area contributed by atoms with Crippen LogP contribution in [0.5, 0.6) is 0 Å². The Morgan fingerprint density at radius 3 is 1.12 bits per heavy atom. The molecule has 0 atom stereocenters. The van der Waals surface area contributed by atoms with Crippen LogP contribution in [-0.2, 0) is 39.5 Å². The van der Waals surface area contributed by atoms with Crippen LogP contribution in [-0.4, -0.2) is 55.8 Å². The normalized spacial score (nSPS) is 10.0. The van der Waals surface area contributed by atoms with Crippen LogP contribution in [0.1, 0.15) is 73.1 Å². The van der Waals surface area contributed by atoms with E-state index in [9.17, 15) is 4.80 Å². The number of unbranched alkanes of at least 4 members (excludes halogenated alkanes) is 3. The number of aliphatic hydroxyl groups excluding tert-OH is 1. The Kier molecular flexibility index (Phi) is 38.9. The van der Waals surface area contributed by atoms with E-state index in [-0.39, 0.29) is 43.3 Å². The predicted octanol–water partition coefficient (Wildman–Crippen LogP) is 1.60. The van der Waals surface area contributed by atoms with E-state index in [2.05, 4.69) is 20.8 Å². The zero-order valence-corrected chi connectivity index (χ0v) is 19.5. The topological polar surface area (TPSA) is 131 Å². The van der Waals surface area contributed by atoms with Gasteiger partial charge in [0.2, 0.25) is 0 Å².